The molecule has 0 aliphatic heterocycles. The lowest BCUT2D eigenvalue weighted by Gasteiger charge is -2.17. The molecule has 0 aliphatic carbocycles. The summed E-state index contributed by atoms with van der Waals surface area (Å²) in [5.41, 5.74) is 5.08. The molecule has 0 amide bonds. The standard InChI is InChI=1S/C12H13FN4/c1-8-11(3-2-4-16-8)12(17-14)9-5-10(13)7-15-6-9/h2-7,12,17H,14H2,1H3. The van der Waals surface area contributed by atoms with Crippen molar-refractivity contribution < 1.29 is 4.39 Å². The molecule has 0 saturated carbocycles. The molecule has 0 aliphatic rings. The zero-order valence-corrected chi connectivity index (χ0v) is 9.39. The summed E-state index contributed by atoms with van der Waals surface area (Å²) >= 11 is 0. The van der Waals surface area contributed by atoms with Gasteiger partial charge in [0.05, 0.1) is 12.2 Å². The van der Waals surface area contributed by atoms with E-state index in [-0.39, 0.29) is 11.9 Å². The number of rotatable bonds is 3. The molecule has 2 aromatic heterocycles. The van der Waals surface area contributed by atoms with Crippen LogP contribution in [0.3, 0.4) is 0 Å². The Bertz CT molecular complexity index is 515. The average molecular weight is 232 g/mol. The van der Waals surface area contributed by atoms with Crippen LogP contribution in [-0.4, -0.2) is 9.97 Å². The third-order valence-corrected chi connectivity index (χ3v) is 2.58. The number of nitrogens with zero attached hydrogens (tertiary/aromatic N) is 2. The highest BCUT2D eigenvalue weighted by Crippen LogP contribution is 2.22. The van der Waals surface area contributed by atoms with Crippen molar-refractivity contribution in [3.63, 3.8) is 0 Å². The Labute approximate surface area is 98.7 Å². The van der Waals surface area contributed by atoms with Crippen LogP contribution in [0.5, 0.6) is 0 Å². The highest BCUT2D eigenvalue weighted by Gasteiger charge is 2.15. The molecule has 0 saturated heterocycles. The fourth-order valence-corrected chi connectivity index (χ4v) is 1.75. The molecule has 1 unspecified atom stereocenters. The van der Waals surface area contributed by atoms with Crippen molar-refractivity contribution in [2.45, 2.75) is 13.0 Å². The van der Waals surface area contributed by atoms with Crippen LogP contribution in [0.25, 0.3) is 0 Å². The van der Waals surface area contributed by atoms with Gasteiger partial charge >= 0.3 is 0 Å². The molecule has 4 nitrogen and oxygen atoms in total. The quantitative estimate of drug-likeness (QED) is 0.621. The van der Waals surface area contributed by atoms with E-state index in [2.05, 4.69) is 15.4 Å². The van der Waals surface area contributed by atoms with E-state index in [9.17, 15) is 4.39 Å². The maximum atomic E-state index is 13.1. The normalized spacial score (nSPS) is 12.4. The van der Waals surface area contributed by atoms with Gasteiger partial charge in [-0.25, -0.2) is 9.82 Å². The summed E-state index contributed by atoms with van der Waals surface area (Å²) in [6.45, 7) is 1.88. The van der Waals surface area contributed by atoms with Crippen molar-refractivity contribution in [2.75, 3.05) is 0 Å². The van der Waals surface area contributed by atoms with Gasteiger partial charge in [0.25, 0.3) is 0 Å². The van der Waals surface area contributed by atoms with Crippen molar-refractivity contribution in [1.82, 2.24) is 15.4 Å². The first kappa shape index (κ1) is 11.6. The smallest absolute Gasteiger partial charge is 0.141 e. The molecule has 5 heteroatoms. The Kier molecular flexibility index (Phi) is 3.41. The molecule has 0 radical (unpaired) electrons. The van der Waals surface area contributed by atoms with Crippen molar-refractivity contribution in [1.29, 1.82) is 0 Å². The van der Waals surface area contributed by atoms with Crippen LogP contribution in [0.15, 0.2) is 36.8 Å². The van der Waals surface area contributed by atoms with E-state index >= 15 is 0 Å². The molecule has 1 atom stereocenters. The molecule has 2 aromatic rings. The number of aryl methyl sites for hydroxylation is 1. The Balaban J connectivity index is 2.44. The van der Waals surface area contributed by atoms with Crippen LogP contribution in [0, 0.1) is 12.7 Å². The zero-order valence-electron chi connectivity index (χ0n) is 9.39. The molecule has 0 spiro atoms. The van der Waals surface area contributed by atoms with E-state index in [0.717, 1.165) is 17.5 Å². The lowest BCUT2D eigenvalue weighted by Crippen LogP contribution is -2.29. The minimum absolute atomic E-state index is 0.313. The van der Waals surface area contributed by atoms with E-state index < -0.39 is 0 Å². The van der Waals surface area contributed by atoms with Crippen LogP contribution in [0.1, 0.15) is 22.9 Å². The number of aromatic nitrogens is 2. The van der Waals surface area contributed by atoms with E-state index in [1.165, 1.54) is 6.07 Å². The number of halogens is 1. The fourth-order valence-electron chi connectivity index (χ4n) is 1.75. The molecule has 2 rings (SSSR count). The minimum Gasteiger partial charge on any atom is -0.271 e. The number of hydrogen-bond acceptors (Lipinski definition) is 4. The molecule has 0 aromatic carbocycles. The van der Waals surface area contributed by atoms with Gasteiger partial charge < -0.3 is 0 Å². The summed E-state index contributed by atoms with van der Waals surface area (Å²) in [5.74, 6) is 5.14. The summed E-state index contributed by atoms with van der Waals surface area (Å²) in [4.78, 5) is 8.00. The minimum atomic E-state index is -0.385. The number of hydrazine groups is 1. The molecule has 88 valence electrons. The number of hydrogen-bond donors (Lipinski definition) is 2. The lowest BCUT2D eigenvalue weighted by molar-refractivity contribution is 0.595. The SMILES string of the molecule is Cc1ncccc1C(NN)c1cncc(F)c1. The van der Waals surface area contributed by atoms with E-state index in [1.807, 2.05) is 19.1 Å². The molecule has 0 fully saturated rings. The van der Waals surface area contributed by atoms with Crippen molar-refractivity contribution >= 4 is 0 Å². The van der Waals surface area contributed by atoms with Crippen LogP contribution in [-0.2, 0) is 0 Å². The summed E-state index contributed by atoms with van der Waals surface area (Å²) in [6, 6.07) is 4.81. The van der Waals surface area contributed by atoms with E-state index in [4.69, 9.17) is 5.84 Å². The predicted molar refractivity (Wildman–Crippen MR) is 62.3 cm³/mol. The summed E-state index contributed by atoms with van der Waals surface area (Å²) in [7, 11) is 0. The maximum absolute atomic E-state index is 13.1. The molecule has 2 heterocycles. The highest BCUT2D eigenvalue weighted by molar-refractivity contribution is 5.32. The number of nitrogens with one attached hydrogen (secondary N) is 1. The average Bonchev–Trinajstić information content (AvgIpc) is 2.33. The predicted octanol–water partition coefficient (Wildman–Crippen LogP) is 1.48. The van der Waals surface area contributed by atoms with Gasteiger partial charge in [-0.2, -0.15) is 0 Å². The van der Waals surface area contributed by atoms with Crippen molar-refractivity contribution in [3.8, 4) is 0 Å². The Morgan fingerprint density at radius 1 is 1.41 bits per heavy atom. The first-order chi connectivity index (χ1) is 8.22. The second-order valence-electron chi connectivity index (χ2n) is 3.71. The first-order valence-electron chi connectivity index (χ1n) is 5.20. The maximum Gasteiger partial charge on any atom is 0.141 e. The van der Waals surface area contributed by atoms with Crippen LogP contribution < -0.4 is 11.3 Å². The second kappa shape index (κ2) is 4.99. The number of nitrogens with two attached hydrogens (primary N) is 1. The van der Waals surface area contributed by atoms with Gasteiger partial charge in [0, 0.05) is 18.1 Å². The first-order valence-corrected chi connectivity index (χ1v) is 5.20. The third-order valence-electron chi connectivity index (χ3n) is 2.58. The Morgan fingerprint density at radius 3 is 2.88 bits per heavy atom. The Hall–Kier alpha value is -1.85. The molecular formula is C12H13FN4. The van der Waals surface area contributed by atoms with E-state index in [0.29, 0.717) is 5.56 Å². The van der Waals surface area contributed by atoms with Crippen LogP contribution in [0.4, 0.5) is 4.39 Å². The topological polar surface area (TPSA) is 63.8 Å². The molecule has 17 heavy (non-hydrogen) atoms. The van der Waals surface area contributed by atoms with Crippen molar-refractivity contribution in [3.05, 3.63) is 59.4 Å². The summed E-state index contributed by atoms with van der Waals surface area (Å²) < 4.78 is 13.1. The van der Waals surface area contributed by atoms with Crippen LogP contribution in [0.2, 0.25) is 0 Å². The summed E-state index contributed by atoms with van der Waals surface area (Å²) in [6.07, 6.45) is 4.45. The zero-order chi connectivity index (χ0) is 12.3. The van der Waals surface area contributed by atoms with Gasteiger partial charge in [-0.05, 0) is 30.2 Å². The van der Waals surface area contributed by atoms with Gasteiger partial charge in [-0.1, -0.05) is 6.07 Å². The fraction of sp³-hybridized carbons (Fsp3) is 0.167. The largest absolute Gasteiger partial charge is 0.271 e. The van der Waals surface area contributed by atoms with Gasteiger partial charge in [-0.3, -0.25) is 15.8 Å². The second-order valence-corrected chi connectivity index (χ2v) is 3.71. The van der Waals surface area contributed by atoms with Gasteiger partial charge in [0.1, 0.15) is 5.82 Å². The van der Waals surface area contributed by atoms with Gasteiger partial charge in [0.2, 0.25) is 0 Å². The van der Waals surface area contributed by atoms with Crippen molar-refractivity contribution in [2.24, 2.45) is 5.84 Å². The molecular weight excluding hydrogens is 219 g/mol. The monoisotopic (exact) mass is 232 g/mol. The number of pyridine rings is 2. The lowest BCUT2D eigenvalue weighted by atomic mass is 10.00. The third kappa shape index (κ3) is 2.46. The highest BCUT2D eigenvalue weighted by atomic mass is 19.1. The van der Waals surface area contributed by atoms with Gasteiger partial charge in [0.15, 0.2) is 0 Å². The molecule has 0 bridgehead atoms. The Morgan fingerprint density at radius 2 is 2.24 bits per heavy atom. The summed E-state index contributed by atoms with van der Waals surface area (Å²) in [5, 5.41) is 0. The van der Waals surface area contributed by atoms with E-state index in [1.54, 1.807) is 12.4 Å². The van der Waals surface area contributed by atoms with Crippen LogP contribution >= 0.6 is 0 Å². The van der Waals surface area contributed by atoms with Gasteiger partial charge in [-0.15, -0.1) is 0 Å². The molecule has 3 N–H and O–H groups in total.